The first kappa shape index (κ1) is 14.2. The fraction of sp³-hybridized carbons (Fsp3) is 0.769. The van der Waals surface area contributed by atoms with E-state index in [1.54, 1.807) is 0 Å². The van der Waals surface area contributed by atoms with Crippen molar-refractivity contribution in [3.05, 3.63) is 12.2 Å². The second-order valence-electron chi connectivity index (χ2n) is 5.60. The first-order chi connectivity index (χ1) is 6.70. The Morgan fingerprint density at radius 2 is 1.93 bits per heavy atom. The Morgan fingerprint density at radius 3 is 2.33 bits per heavy atom. The van der Waals surface area contributed by atoms with Crippen molar-refractivity contribution in [3.8, 4) is 0 Å². The lowest BCUT2D eigenvalue weighted by Crippen LogP contribution is -2.13. The molecule has 0 aliphatic heterocycles. The second-order valence-corrected chi connectivity index (χ2v) is 5.60. The molecule has 1 unspecified atom stereocenters. The van der Waals surface area contributed by atoms with Crippen LogP contribution < -0.4 is 0 Å². The van der Waals surface area contributed by atoms with Crippen LogP contribution in [0.3, 0.4) is 0 Å². The first-order valence-electron chi connectivity index (χ1n) is 5.50. The standard InChI is InChI=1S/C13H24O2/c1-10(8-13(4,5)6)7-11(2)9-15-12(3)14/h10H,2,7-9H2,1,3-6H3. The van der Waals surface area contributed by atoms with Crippen molar-refractivity contribution in [2.75, 3.05) is 6.61 Å². The molecule has 0 aromatic heterocycles. The number of hydrogen-bond donors (Lipinski definition) is 0. The Hall–Kier alpha value is -0.790. The average molecular weight is 212 g/mol. The highest BCUT2D eigenvalue weighted by molar-refractivity contribution is 5.66. The van der Waals surface area contributed by atoms with Crippen molar-refractivity contribution in [2.45, 2.75) is 47.5 Å². The molecule has 0 aliphatic rings. The molecule has 0 aromatic rings. The van der Waals surface area contributed by atoms with E-state index in [9.17, 15) is 4.79 Å². The van der Waals surface area contributed by atoms with Gasteiger partial charge in [0.1, 0.15) is 6.61 Å². The summed E-state index contributed by atoms with van der Waals surface area (Å²) in [6.45, 7) is 14.6. The van der Waals surface area contributed by atoms with Crippen LogP contribution in [0.2, 0.25) is 0 Å². The molecule has 0 fully saturated rings. The van der Waals surface area contributed by atoms with Crippen LogP contribution in [-0.4, -0.2) is 12.6 Å². The Bertz CT molecular complexity index is 223. The van der Waals surface area contributed by atoms with Gasteiger partial charge in [0, 0.05) is 6.92 Å². The van der Waals surface area contributed by atoms with Crippen LogP contribution >= 0.6 is 0 Å². The van der Waals surface area contributed by atoms with E-state index in [4.69, 9.17) is 4.74 Å². The number of hydrogen-bond acceptors (Lipinski definition) is 2. The van der Waals surface area contributed by atoms with Crippen LogP contribution in [0.15, 0.2) is 12.2 Å². The van der Waals surface area contributed by atoms with E-state index in [-0.39, 0.29) is 5.97 Å². The van der Waals surface area contributed by atoms with E-state index >= 15 is 0 Å². The average Bonchev–Trinajstić information content (AvgIpc) is 1.96. The maximum atomic E-state index is 10.6. The molecule has 2 heteroatoms. The van der Waals surface area contributed by atoms with Gasteiger partial charge >= 0.3 is 5.97 Å². The Balaban J connectivity index is 3.81. The van der Waals surface area contributed by atoms with Crippen LogP contribution in [0.5, 0.6) is 0 Å². The second kappa shape index (κ2) is 5.94. The molecule has 15 heavy (non-hydrogen) atoms. The largest absolute Gasteiger partial charge is 0.461 e. The van der Waals surface area contributed by atoms with E-state index < -0.39 is 0 Å². The van der Waals surface area contributed by atoms with E-state index in [0.717, 1.165) is 18.4 Å². The van der Waals surface area contributed by atoms with Gasteiger partial charge in [-0.3, -0.25) is 4.79 Å². The molecular weight excluding hydrogens is 188 g/mol. The smallest absolute Gasteiger partial charge is 0.302 e. The summed E-state index contributed by atoms with van der Waals surface area (Å²) in [4.78, 5) is 10.6. The molecule has 0 saturated carbocycles. The number of carbonyl (C=O) groups is 1. The number of esters is 1. The summed E-state index contributed by atoms with van der Waals surface area (Å²) in [6, 6.07) is 0. The zero-order valence-corrected chi connectivity index (χ0v) is 10.7. The number of carbonyl (C=O) groups excluding carboxylic acids is 1. The van der Waals surface area contributed by atoms with Crippen LogP contribution in [0.25, 0.3) is 0 Å². The molecule has 0 bridgehead atoms. The predicted octanol–water partition coefficient (Wildman–Crippen LogP) is 3.57. The molecule has 0 aliphatic carbocycles. The van der Waals surface area contributed by atoms with Crippen molar-refractivity contribution < 1.29 is 9.53 Å². The molecular formula is C13H24O2. The van der Waals surface area contributed by atoms with Gasteiger partial charge in [-0.05, 0) is 29.7 Å². The molecule has 0 N–H and O–H groups in total. The molecule has 0 rings (SSSR count). The molecule has 1 atom stereocenters. The van der Waals surface area contributed by atoms with Crippen LogP contribution in [0.4, 0.5) is 0 Å². The van der Waals surface area contributed by atoms with E-state index in [1.165, 1.54) is 6.92 Å². The van der Waals surface area contributed by atoms with Gasteiger partial charge in [0.15, 0.2) is 0 Å². The summed E-state index contributed by atoms with van der Waals surface area (Å²) in [5.74, 6) is 0.354. The minimum atomic E-state index is -0.236. The Kier molecular flexibility index (Phi) is 5.63. The molecule has 0 amide bonds. The zero-order chi connectivity index (χ0) is 12.1. The lowest BCUT2D eigenvalue weighted by Gasteiger charge is -2.23. The van der Waals surface area contributed by atoms with Crippen LogP contribution in [0, 0.1) is 11.3 Å². The quantitative estimate of drug-likeness (QED) is 0.514. The highest BCUT2D eigenvalue weighted by atomic mass is 16.5. The predicted molar refractivity (Wildman–Crippen MR) is 63.6 cm³/mol. The topological polar surface area (TPSA) is 26.3 Å². The zero-order valence-electron chi connectivity index (χ0n) is 10.7. The van der Waals surface area contributed by atoms with Gasteiger partial charge in [-0.15, -0.1) is 0 Å². The van der Waals surface area contributed by atoms with E-state index in [0.29, 0.717) is 17.9 Å². The van der Waals surface area contributed by atoms with Crippen LogP contribution in [0.1, 0.15) is 47.5 Å². The van der Waals surface area contributed by atoms with Crippen molar-refractivity contribution >= 4 is 5.97 Å². The maximum absolute atomic E-state index is 10.6. The molecule has 0 heterocycles. The molecule has 2 nitrogen and oxygen atoms in total. The van der Waals surface area contributed by atoms with Gasteiger partial charge in [-0.1, -0.05) is 34.3 Å². The normalized spacial score (nSPS) is 13.4. The summed E-state index contributed by atoms with van der Waals surface area (Å²) >= 11 is 0. The van der Waals surface area contributed by atoms with Crippen molar-refractivity contribution in [1.29, 1.82) is 0 Å². The summed E-state index contributed by atoms with van der Waals surface area (Å²) < 4.78 is 4.90. The summed E-state index contributed by atoms with van der Waals surface area (Å²) in [7, 11) is 0. The first-order valence-corrected chi connectivity index (χ1v) is 5.50. The van der Waals surface area contributed by atoms with Crippen LogP contribution in [-0.2, 0) is 9.53 Å². The molecule has 0 aromatic carbocycles. The third kappa shape index (κ3) is 9.51. The third-order valence-corrected chi connectivity index (χ3v) is 2.08. The van der Waals surface area contributed by atoms with E-state index in [2.05, 4.69) is 34.3 Å². The number of rotatable bonds is 5. The number of ether oxygens (including phenoxy) is 1. The van der Waals surface area contributed by atoms with E-state index in [1.807, 2.05) is 0 Å². The Morgan fingerprint density at radius 1 is 1.40 bits per heavy atom. The Labute approximate surface area is 93.7 Å². The third-order valence-electron chi connectivity index (χ3n) is 2.08. The lowest BCUT2D eigenvalue weighted by molar-refractivity contribution is -0.140. The van der Waals surface area contributed by atoms with Gasteiger partial charge in [0.05, 0.1) is 0 Å². The fourth-order valence-electron chi connectivity index (χ4n) is 1.87. The van der Waals surface area contributed by atoms with Gasteiger partial charge in [-0.2, -0.15) is 0 Å². The molecule has 0 spiro atoms. The van der Waals surface area contributed by atoms with Gasteiger partial charge in [0.2, 0.25) is 0 Å². The van der Waals surface area contributed by atoms with Crippen molar-refractivity contribution in [3.63, 3.8) is 0 Å². The summed E-state index contributed by atoms with van der Waals surface area (Å²) in [6.07, 6.45) is 2.09. The molecule has 0 radical (unpaired) electrons. The maximum Gasteiger partial charge on any atom is 0.302 e. The monoisotopic (exact) mass is 212 g/mol. The lowest BCUT2D eigenvalue weighted by atomic mass is 9.83. The summed E-state index contributed by atoms with van der Waals surface area (Å²) in [5.41, 5.74) is 1.35. The van der Waals surface area contributed by atoms with Crippen molar-refractivity contribution in [1.82, 2.24) is 0 Å². The molecule has 88 valence electrons. The van der Waals surface area contributed by atoms with Gasteiger partial charge in [-0.25, -0.2) is 0 Å². The SMILES string of the molecule is C=C(COC(C)=O)CC(C)CC(C)(C)C. The minimum Gasteiger partial charge on any atom is -0.461 e. The highest BCUT2D eigenvalue weighted by Crippen LogP contribution is 2.27. The highest BCUT2D eigenvalue weighted by Gasteiger charge is 2.15. The van der Waals surface area contributed by atoms with Gasteiger partial charge < -0.3 is 4.74 Å². The minimum absolute atomic E-state index is 0.236. The molecule has 0 saturated heterocycles. The van der Waals surface area contributed by atoms with Crippen molar-refractivity contribution in [2.24, 2.45) is 11.3 Å². The fourth-order valence-corrected chi connectivity index (χ4v) is 1.87. The van der Waals surface area contributed by atoms with Gasteiger partial charge in [0.25, 0.3) is 0 Å². The summed E-state index contributed by atoms with van der Waals surface area (Å²) in [5, 5.41) is 0.